The van der Waals surface area contributed by atoms with Crippen molar-refractivity contribution in [3.63, 3.8) is 0 Å². The molecule has 4 nitrogen and oxygen atoms in total. The Labute approximate surface area is 162 Å². The standard InChI is InChI=1S/C19H20Cl2FN3O/c20-15-2-1-3-16(11-15)23-19(26)13-25-8-6-24(7-9-25)12-14-4-5-18(22)17(21)10-14/h1-5,10-11H,6-9,12-13H2,(H,23,26). The molecule has 0 saturated carbocycles. The van der Waals surface area contributed by atoms with Crippen molar-refractivity contribution in [2.45, 2.75) is 6.54 Å². The third kappa shape index (κ3) is 5.42. The molecule has 2 aromatic carbocycles. The fourth-order valence-electron chi connectivity index (χ4n) is 2.97. The molecule has 0 aromatic heterocycles. The molecule has 0 radical (unpaired) electrons. The Morgan fingerprint density at radius 3 is 2.46 bits per heavy atom. The van der Waals surface area contributed by atoms with Gasteiger partial charge in [-0.15, -0.1) is 0 Å². The molecule has 1 amide bonds. The fourth-order valence-corrected chi connectivity index (χ4v) is 3.36. The first-order chi connectivity index (χ1) is 12.5. The predicted octanol–water partition coefficient (Wildman–Crippen LogP) is 3.89. The molecule has 1 aliphatic rings. The van der Waals surface area contributed by atoms with Crippen LogP contribution in [0, 0.1) is 5.82 Å². The molecule has 138 valence electrons. The van der Waals surface area contributed by atoms with Gasteiger partial charge in [-0.05, 0) is 35.9 Å². The highest BCUT2D eigenvalue weighted by atomic mass is 35.5. The number of hydrogen-bond donors (Lipinski definition) is 1. The molecular weight excluding hydrogens is 376 g/mol. The molecule has 0 aliphatic carbocycles. The molecule has 26 heavy (non-hydrogen) atoms. The maximum Gasteiger partial charge on any atom is 0.238 e. The van der Waals surface area contributed by atoms with Gasteiger partial charge in [-0.1, -0.05) is 35.3 Å². The minimum absolute atomic E-state index is 0.0500. The van der Waals surface area contributed by atoms with Crippen molar-refractivity contribution in [2.24, 2.45) is 0 Å². The van der Waals surface area contributed by atoms with Gasteiger partial charge in [-0.3, -0.25) is 14.6 Å². The first-order valence-electron chi connectivity index (χ1n) is 8.43. The largest absolute Gasteiger partial charge is 0.325 e. The maximum absolute atomic E-state index is 13.2. The lowest BCUT2D eigenvalue weighted by Gasteiger charge is -2.34. The Morgan fingerprint density at radius 1 is 1.04 bits per heavy atom. The highest BCUT2D eigenvalue weighted by Gasteiger charge is 2.19. The SMILES string of the molecule is O=C(CN1CCN(Cc2ccc(F)c(Cl)c2)CC1)Nc1cccc(Cl)c1. The quantitative estimate of drug-likeness (QED) is 0.833. The lowest BCUT2D eigenvalue weighted by Crippen LogP contribution is -2.48. The zero-order valence-electron chi connectivity index (χ0n) is 14.2. The molecule has 0 spiro atoms. The maximum atomic E-state index is 13.2. The van der Waals surface area contributed by atoms with Crippen LogP contribution in [0.25, 0.3) is 0 Å². The summed E-state index contributed by atoms with van der Waals surface area (Å²) < 4.78 is 13.2. The van der Waals surface area contributed by atoms with Gasteiger partial charge in [-0.2, -0.15) is 0 Å². The van der Waals surface area contributed by atoms with E-state index in [2.05, 4.69) is 15.1 Å². The Kier molecular flexibility index (Phi) is 6.48. The van der Waals surface area contributed by atoms with Crippen LogP contribution in [0.3, 0.4) is 0 Å². The molecule has 1 saturated heterocycles. The Balaban J connectivity index is 1.44. The van der Waals surface area contributed by atoms with Gasteiger partial charge in [0.15, 0.2) is 0 Å². The van der Waals surface area contributed by atoms with Crippen LogP contribution in [0.1, 0.15) is 5.56 Å². The summed E-state index contributed by atoms with van der Waals surface area (Å²) in [5.41, 5.74) is 1.69. The van der Waals surface area contributed by atoms with Crippen LogP contribution in [0.2, 0.25) is 10.0 Å². The van der Waals surface area contributed by atoms with Crippen molar-refractivity contribution in [1.82, 2.24) is 9.80 Å². The van der Waals surface area contributed by atoms with E-state index in [1.165, 1.54) is 6.07 Å². The molecule has 2 aromatic rings. The molecule has 7 heteroatoms. The van der Waals surface area contributed by atoms with Gasteiger partial charge in [0.2, 0.25) is 5.91 Å². The average molecular weight is 396 g/mol. The van der Waals surface area contributed by atoms with Crippen LogP contribution in [0.4, 0.5) is 10.1 Å². The van der Waals surface area contributed by atoms with E-state index in [4.69, 9.17) is 23.2 Å². The number of amides is 1. The van der Waals surface area contributed by atoms with E-state index >= 15 is 0 Å². The second kappa shape index (κ2) is 8.82. The normalized spacial score (nSPS) is 15.8. The minimum atomic E-state index is -0.397. The minimum Gasteiger partial charge on any atom is -0.325 e. The molecule has 0 unspecified atom stereocenters. The fraction of sp³-hybridized carbons (Fsp3) is 0.316. The monoisotopic (exact) mass is 395 g/mol. The number of nitrogens with one attached hydrogen (secondary N) is 1. The molecular formula is C19H20Cl2FN3O. The van der Waals surface area contributed by atoms with Crippen molar-refractivity contribution in [2.75, 3.05) is 38.0 Å². The molecule has 1 fully saturated rings. The number of carbonyl (C=O) groups excluding carboxylic acids is 1. The van der Waals surface area contributed by atoms with E-state index in [-0.39, 0.29) is 10.9 Å². The molecule has 1 N–H and O–H groups in total. The van der Waals surface area contributed by atoms with E-state index in [0.717, 1.165) is 38.3 Å². The smallest absolute Gasteiger partial charge is 0.238 e. The van der Waals surface area contributed by atoms with Crippen molar-refractivity contribution in [3.05, 3.63) is 63.9 Å². The number of nitrogens with zero attached hydrogens (tertiary/aromatic N) is 2. The van der Waals surface area contributed by atoms with Crippen molar-refractivity contribution in [3.8, 4) is 0 Å². The van der Waals surface area contributed by atoms with Gasteiger partial charge in [0.1, 0.15) is 5.82 Å². The summed E-state index contributed by atoms with van der Waals surface area (Å²) in [5, 5.41) is 3.61. The summed E-state index contributed by atoms with van der Waals surface area (Å²) in [6.07, 6.45) is 0. The zero-order chi connectivity index (χ0) is 18.5. The first kappa shape index (κ1) is 19.1. The first-order valence-corrected chi connectivity index (χ1v) is 9.19. The zero-order valence-corrected chi connectivity index (χ0v) is 15.7. The molecule has 3 rings (SSSR count). The molecule has 1 heterocycles. The van der Waals surface area contributed by atoms with Gasteiger partial charge in [0, 0.05) is 43.4 Å². The Hall–Kier alpha value is -1.66. The summed E-state index contributed by atoms with van der Waals surface area (Å²) >= 11 is 11.8. The number of rotatable bonds is 5. The van der Waals surface area contributed by atoms with E-state index in [1.54, 1.807) is 30.3 Å². The topological polar surface area (TPSA) is 35.6 Å². The Bertz CT molecular complexity index is 779. The Morgan fingerprint density at radius 2 is 1.77 bits per heavy atom. The third-order valence-electron chi connectivity index (χ3n) is 4.33. The van der Waals surface area contributed by atoms with Crippen LogP contribution < -0.4 is 5.32 Å². The van der Waals surface area contributed by atoms with Crippen molar-refractivity contribution < 1.29 is 9.18 Å². The third-order valence-corrected chi connectivity index (χ3v) is 4.86. The highest BCUT2D eigenvalue weighted by Crippen LogP contribution is 2.18. The van der Waals surface area contributed by atoms with Gasteiger partial charge in [-0.25, -0.2) is 4.39 Å². The summed E-state index contributed by atoms with van der Waals surface area (Å²) in [4.78, 5) is 16.6. The number of piperazine rings is 1. The molecule has 0 bridgehead atoms. The van der Waals surface area contributed by atoms with Gasteiger partial charge < -0.3 is 5.32 Å². The number of hydrogen-bond acceptors (Lipinski definition) is 3. The van der Waals surface area contributed by atoms with Crippen LogP contribution in [0.5, 0.6) is 0 Å². The van der Waals surface area contributed by atoms with Crippen LogP contribution >= 0.6 is 23.2 Å². The van der Waals surface area contributed by atoms with E-state index in [9.17, 15) is 9.18 Å². The lowest BCUT2D eigenvalue weighted by atomic mass is 10.2. The van der Waals surface area contributed by atoms with Crippen LogP contribution in [0.15, 0.2) is 42.5 Å². The summed E-state index contributed by atoms with van der Waals surface area (Å²) in [7, 11) is 0. The lowest BCUT2D eigenvalue weighted by molar-refractivity contribution is -0.117. The molecule has 1 aliphatic heterocycles. The number of benzene rings is 2. The second-order valence-electron chi connectivity index (χ2n) is 6.36. The predicted molar refractivity (Wildman–Crippen MR) is 103 cm³/mol. The molecule has 0 atom stereocenters. The van der Waals surface area contributed by atoms with Gasteiger partial charge in [0.05, 0.1) is 11.6 Å². The van der Waals surface area contributed by atoms with Crippen LogP contribution in [-0.4, -0.2) is 48.4 Å². The number of carbonyl (C=O) groups is 1. The number of halogens is 3. The summed E-state index contributed by atoms with van der Waals surface area (Å²) in [6.45, 7) is 4.37. The highest BCUT2D eigenvalue weighted by molar-refractivity contribution is 6.31. The second-order valence-corrected chi connectivity index (χ2v) is 7.20. The van der Waals surface area contributed by atoms with Gasteiger partial charge >= 0.3 is 0 Å². The van der Waals surface area contributed by atoms with E-state index in [0.29, 0.717) is 17.3 Å². The summed E-state index contributed by atoms with van der Waals surface area (Å²) in [6, 6.07) is 11.9. The van der Waals surface area contributed by atoms with Gasteiger partial charge in [0.25, 0.3) is 0 Å². The number of anilines is 1. The van der Waals surface area contributed by atoms with Crippen LogP contribution in [-0.2, 0) is 11.3 Å². The van der Waals surface area contributed by atoms with E-state index in [1.807, 2.05) is 6.07 Å². The van der Waals surface area contributed by atoms with Crippen molar-refractivity contribution >= 4 is 34.8 Å². The van der Waals surface area contributed by atoms with E-state index < -0.39 is 5.82 Å². The summed E-state index contributed by atoms with van der Waals surface area (Å²) in [5.74, 6) is -0.447. The average Bonchev–Trinajstić information content (AvgIpc) is 2.60. The van der Waals surface area contributed by atoms with Crippen molar-refractivity contribution in [1.29, 1.82) is 0 Å².